The van der Waals surface area contributed by atoms with Gasteiger partial charge in [-0.25, -0.2) is 14.8 Å². The van der Waals surface area contributed by atoms with Gasteiger partial charge in [-0.3, -0.25) is 19.7 Å². The van der Waals surface area contributed by atoms with Crippen LogP contribution in [-0.4, -0.2) is 86.8 Å². The minimum atomic E-state index is -0.556. The Bertz CT molecular complexity index is 1760. The number of carboxylic acid groups (broad SMARTS) is 1. The third-order valence-corrected chi connectivity index (χ3v) is 7.69. The normalized spacial score (nSPS) is 13.8. The maximum Gasteiger partial charge on any atom is 0.349 e. The molecule has 2 N–H and O–H groups in total. The number of H-pyrrole nitrogens is 1. The first kappa shape index (κ1) is 31.4. The Morgan fingerprint density at radius 2 is 1.78 bits per heavy atom. The third kappa shape index (κ3) is 7.36. The lowest BCUT2D eigenvalue weighted by molar-refractivity contribution is -0.122. The number of esters is 1. The van der Waals surface area contributed by atoms with Crippen molar-refractivity contribution in [2.45, 2.75) is 33.4 Å². The number of fused-ring (bicyclic) bond motifs is 1. The van der Waals surface area contributed by atoms with Crippen LogP contribution in [0.15, 0.2) is 65.5 Å². The van der Waals surface area contributed by atoms with Crippen LogP contribution in [0.5, 0.6) is 11.6 Å². The molecule has 6 rings (SSSR count). The number of hydrogen-bond acceptors (Lipinski definition) is 10. The van der Waals surface area contributed by atoms with Gasteiger partial charge in [0.25, 0.3) is 6.47 Å². The molecule has 0 atom stereocenters. The average Bonchev–Trinajstić information content (AvgIpc) is 3.72. The Kier molecular flexibility index (Phi) is 9.86. The molecule has 0 bridgehead atoms. The van der Waals surface area contributed by atoms with Gasteiger partial charge in [0.1, 0.15) is 17.1 Å². The van der Waals surface area contributed by atoms with Gasteiger partial charge in [0.15, 0.2) is 0 Å². The molecule has 0 radical (unpaired) electrons. The van der Waals surface area contributed by atoms with E-state index in [0.717, 1.165) is 59.5 Å². The zero-order valence-corrected chi connectivity index (χ0v) is 25.7. The minimum Gasteiger partial charge on any atom is -0.483 e. The van der Waals surface area contributed by atoms with Gasteiger partial charge in [-0.1, -0.05) is 17.7 Å². The van der Waals surface area contributed by atoms with E-state index < -0.39 is 5.97 Å². The summed E-state index contributed by atoms with van der Waals surface area (Å²) in [4.78, 5) is 35.4. The first-order valence-corrected chi connectivity index (χ1v) is 14.6. The second-order valence-electron chi connectivity index (χ2n) is 11.0. The molecule has 12 nitrogen and oxygen atoms in total. The number of aromatic amines is 1. The molecule has 45 heavy (non-hydrogen) atoms. The van der Waals surface area contributed by atoms with Crippen LogP contribution in [0.2, 0.25) is 0 Å². The molecular formula is C33H36N6O6. The fraction of sp³-hybridized carbons (Fsp3) is 0.303. The predicted octanol–water partition coefficient (Wildman–Crippen LogP) is 5.04. The number of carbonyl (C=O) groups excluding carboxylic acids is 1. The summed E-state index contributed by atoms with van der Waals surface area (Å²) in [7, 11) is 1.48. The number of nitrogens with zero attached hydrogens (tertiary/aromatic N) is 5. The van der Waals surface area contributed by atoms with E-state index in [2.05, 4.69) is 43.8 Å². The number of ether oxygens (including phenoxy) is 2. The quantitative estimate of drug-likeness (QED) is 0.138. The van der Waals surface area contributed by atoms with Crippen molar-refractivity contribution < 1.29 is 28.6 Å². The third-order valence-electron chi connectivity index (χ3n) is 7.69. The highest BCUT2D eigenvalue weighted by Gasteiger charge is 2.22. The number of methoxy groups -OCH3 is 1. The summed E-state index contributed by atoms with van der Waals surface area (Å²) >= 11 is 0. The number of aromatic nitrogens is 4. The van der Waals surface area contributed by atoms with Gasteiger partial charge in [-0.05, 0) is 56.7 Å². The maximum absolute atomic E-state index is 13.1. The molecule has 0 unspecified atom stereocenters. The minimum absolute atomic E-state index is 0.185. The molecule has 1 fully saturated rings. The lowest BCUT2D eigenvalue weighted by Crippen LogP contribution is -2.48. The van der Waals surface area contributed by atoms with Crippen LogP contribution in [-0.2, 0) is 11.3 Å². The number of rotatable bonds is 8. The topological polar surface area (TPSA) is 147 Å². The van der Waals surface area contributed by atoms with Crippen LogP contribution >= 0.6 is 0 Å². The summed E-state index contributed by atoms with van der Waals surface area (Å²) < 4.78 is 17.3. The summed E-state index contributed by atoms with van der Waals surface area (Å²) in [5.74, 6) is 1.40. The molecule has 0 amide bonds. The largest absolute Gasteiger partial charge is 0.483 e. The summed E-state index contributed by atoms with van der Waals surface area (Å²) in [6, 6.07) is 13.5. The van der Waals surface area contributed by atoms with E-state index in [1.165, 1.54) is 7.11 Å². The number of piperazine rings is 1. The van der Waals surface area contributed by atoms with Crippen LogP contribution in [0.3, 0.4) is 0 Å². The van der Waals surface area contributed by atoms with Crippen molar-refractivity contribution in [3.63, 3.8) is 0 Å². The van der Waals surface area contributed by atoms with Crippen molar-refractivity contribution in [2.24, 2.45) is 0 Å². The van der Waals surface area contributed by atoms with E-state index in [9.17, 15) is 4.79 Å². The molecule has 4 heterocycles. The lowest BCUT2D eigenvalue weighted by atomic mass is 10.00. The smallest absolute Gasteiger partial charge is 0.349 e. The van der Waals surface area contributed by atoms with Gasteiger partial charge in [0.05, 0.1) is 31.6 Å². The zero-order valence-electron chi connectivity index (χ0n) is 25.7. The van der Waals surface area contributed by atoms with E-state index in [4.69, 9.17) is 23.8 Å². The Labute approximate surface area is 260 Å². The molecule has 0 spiro atoms. The SMILES string of the molecule is COc1ncc(-c2cc(-c3ncc(CN4CCN(C(C)C)CC4)o3)c3cn[nH]c3c2)cc1C(=O)Oc1ccc(C)cc1.O=CO. The van der Waals surface area contributed by atoms with Gasteiger partial charge in [0, 0.05) is 54.9 Å². The van der Waals surface area contributed by atoms with Gasteiger partial charge in [-0.15, -0.1) is 0 Å². The van der Waals surface area contributed by atoms with Crippen molar-refractivity contribution in [2.75, 3.05) is 33.3 Å². The van der Waals surface area contributed by atoms with E-state index >= 15 is 0 Å². The van der Waals surface area contributed by atoms with Crippen molar-refractivity contribution in [1.82, 2.24) is 30.0 Å². The fourth-order valence-corrected chi connectivity index (χ4v) is 5.25. The number of benzene rings is 2. The Hall–Kier alpha value is -5.07. The highest BCUT2D eigenvalue weighted by atomic mass is 16.5. The molecule has 5 aromatic rings. The zero-order chi connectivity index (χ0) is 31.9. The number of carbonyl (C=O) groups is 2. The first-order chi connectivity index (χ1) is 21.8. The van der Waals surface area contributed by atoms with Crippen LogP contribution in [0.1, 0.15) is 35.5 Å². The van der Waals surface area contributed by atoms with E-state index in [1.807, 2.05) is 31.2 Å². The molecule has 0 saturated carbocycles. The highest BCUT2D eigenvalue weighted by Crippen LogP contribution is 2.34. The summed E-state index contributed by atoms with van der Waals surface area (Å²) in [5.41, 5.74) is 4.42. The number of nitrogens with one attached hydrogen (secondary N) is 1. The average molecular weight is 613 g/mol. The van der Waals surface area contributed by atoms with Crippen LogP contribution in [0, 0.1) is 6.92 Å². The molecule has 2 aromatic carbocycles. The van der Waals surface area contributed by atoms with Gasteiger partial charge >= 0.3 is 5.97 Å². The van der Waals surface area contributed by atoms with Crippen LogP contribution < -0.4 is 9.47 Å². The number of hydrogen-bond donors (Lipinski definition) is 2. The monoisotopic (exact) mass is 612 g/mol. The maximum atomic E-state index is 13.1. The van der Waals surface area contributed by atoms with Crippen molar-refractivity contribution >= 4 is 23.3 Å². The molecule has 1 aliphatic heterocycles. The van der Waals surface area contributed by atoms with Gasteiger partial charge < -0.3 is 19.0 Å². The summed E-state index contributed by atoms with van der Waals surface area (Å²) in [6.45, 7) is 11.0. The lowest BCUT2D eigenvalue weighted by Gasteiger charge is -2.36. The van der Waals surface area contributed by atoms with E-state index in [-0.39, 0.29) is 17.9 Å². The number of oxazole rings is 1. The first-order valence-electron chi connectivity index (χ1n) is 14.6. The van der Waals surface area contributed by atoms with Crippen LogP contribution in [0.4, 0.5) is 0 Å². The van der Waals surface area contributed by atoms with Gasteiger partial charge in [0.2, 0.25) is 11.8 Å². The molecule has 1 aliphatic rings. The Morgan fingerprint density at radius 3 is 2.47 bits per heavy atom. The molecule has 3 aromatic heterocycles. The van der Waals surface area contributed by atoms with E-state index in [1.54, 1.807) is 36.8 Å². The van der Waals surface area contributed by atoms with Crippen molar-refractivity contribution in [3.05, 3.63) is 77.9 Å². The molecule has 1 saturated heterocycles. The van der Waals surface area contributed by atoms with Crippen molar-refractivity contribution in [1.29, 1.82) is 0 Å². The molecule has 12 heteroatoms. The standard InChI is InChI=1S/C32H34N6O4.CH2O2/c1-20(2)38-11-9-37(10-12-38)19-25-17-34-31(41-25)26-13-22(15-29-28(26)18-35-36-29)23-14-27(30(40-4)33-16-23)32(39)42-24-7-5-21(3)6-8-24;2-1-3/h5-8,13-18,20H,9-12,19H2,1-4H3,(H,35,36);1H,(H,2,3). The molecular weight excluding hydrogens is 576 g/mol. The van der Waals surface area contributed by atoms with E-state index in [0.29, 0.717) is 29.8 Å². The predicted molar refractivity (Wildman–Crippen MR) is 168 cm³/mol. The Morgan fingerprint density at radius 1 is 1.04 bits per heavy atom. The second-order valence-corrected chi connectivity index (χ2v) is 11.0. The molecule has 0 aliphatic carbocycles. The second kappa shape index (κ2) is 14.1. The van der Waals surface area contributed by atoms with Gasteiger partial charge in [-0.2, -0.15) is 5.10 Å². The Balaban J connectivity index is 0.00000128. The van der Waals surface area contributed by atoms with Crippen molar-refractivity contribution in [3.8, 4) is 34.2 Å². The number of aryl methyl sites for hydroxylation is 1. The fourth-order valence-electron chi connectivity index (χ4n) is 5.25. The highest BCUT2D eigenvalue weighted by molar-refractivity contribution is 5.98. The summed E-state index contributed by atoms with van der Waals surface area (Å²) in [6.07, 6.45) is 5.23. The molecule has 234 valence electrons. The summed E-state index contributed by atoms with van der Waals surface area (Å²) in [5, 5.41) is 15.1. The van der Waals surface area contributed by atoms with Crippen LogP contribution in [0.25, 0.3) is 33.5 Å². The number of pyridine rings is 1.